The molecule has 2 aromatic rings. The number of benzene rings is 2. The van der Waals surface area contributed by atoms with Crippen LogP contribution in [-0.2, 0) is 4.79 Å². The Morgan fingerprint density at radius 3 is 2.31 bits per heavy atom. The number of hydrogen-bond donors (Lipinski definition) is 2. The summed E-state index contributed by atoms with van der Waals surface area (Å²) in [5.74, 6) is 0.440. The Morgan fingerprint density at radius 2 is 1.62 bits per heavy atom. The number of para-hydroxylation sites is 2. The fraction of sp³-hybridized carbons (Fsp3) is 0.333. The number of ether oxygens (including phenoxy) is 1. The van der Waals surface area contributed by atoms with Crippen molar-refractivity contribution in [2.24, 2.45) is 0 Å². The lowest BCUT2D eigenvalue weighted by atomic mass is 10.1. The first-order valence-corrected chi connectivity index (χ1v) is 8.74. The molecule has 0 fully saturated rings. The molecule has 2 N–H and O–H groups in total. The maximum atomic E-state index is 12.4. The van der Waals surface area contributed by atoms with Crippen molar-refractivity contribution in [1.29, 1.82) is 0 Å². The summed E-state index contributed by atoms with van der Waals surface area (Å²) in [4.78, 5) is 24.6. The molecule has 0 aliphatic carbocycles. The molecule has 5 nitrogen and oxygen atoms in total. The highest BCUT2D eigenvalue weighted by atomic mass is 16.5. The molecule has 0 radical (unpaired) electrons. The lowest BCUT2D eigenvalue weighted by Gasteiger charge is -2.21. The molecule has 138 valence electrons. The van der Waals surface area contributed by atoms with Gasteiger partial charge in [-0.2, -0.15) is 0 Å². The third-order valence-electron chi connectivity index (χ3n) is 3.49. The van der Waals surface area contributed by atoms with Gasteiger partial charge in [-0.1, -0.05) is 30.3 Å². The summed E-state index contributed by atoms with van der Waals surface area (Å²) in [6, 6.07) is 16.5. The summed E-state index contributed by atoms with van der Waals surface area (Å²) in [6.45, 7) is 6.21. The van der Waals surface area contributed by atoms with Gasteiger partial charge in [0.15, 0.2) is 0 Å². The Morgan fingerprint density at radius 1 is 0.962 bits per heavy atom. The smallest absolute Gasteiger partial charge is 0.253 e. The highest BCUT2D eigenvalue weighted by Gasteiger charge is 2.18. The monoisotopic (exact) mass is 354 g/mol. The second kappa shape index (κ2) is 9.04. The summed E-state index contributed by atoms with van der Waals surface area (Å²) in [7, 11) is 0. The number of nitrogens with one attached hydrogen (secondary N) is 2. The lowest BCUT2D eigenvalue weighted by Crippen LogP contribution is -2.40. The van der Waals surface area contributed by atoms with Gasteiger partial charge in [-0.05, 0) is 51.5 Å². The van der Waals surface area contributed by atoms with E-state index < -0.39 is 0 Å². The van der Waals surface area contributed by atoms with Crippen molar-refractivity contribution in [2.45, 2.75) is 39.2 Å². The van der Waals surface area contributed by atoms with Crippen LogP contribution in [0.25, 0.3) is 0 Å². The van der Waals surface area contributed by atoms with Crippen LogP contribution in [0.5, 0.6) is 5.75 Å². The molecule has 0 atom stereocenters. The zero-order valence-electron chi connectivity index (χ0n) is 15.5. The minimum Gasteiger partial charge on any atom is -0.494 e. The Hall–Kier alpha value is -2.82. The van der Waals surface area contributed by atoms with Crippen LogP contribution >= 0.6 is 0 Å². The number of anilines is 1. The van der Waals surface area contributed by atoms with Crippen molar-refractivity contribution >= 4 is 17.5 Å². The van der Waals surface area contributed by atoms with Crippen molar-refractivity contribution in [2.75, 3.05) is 11.9 Å². The van der Waals surface area contributed by atoms with Crippen LogP contribution in [0.3, 0.4) is 0 Å². The summed E-state index contributed by atoms with van der Waals surface area (Å²) >= 11 is 0. The molecule has 0 saturated carbocycles. The Balaban J connectivity index is 1.86. The highest BCUT2D eigenvalue weighted by molar-refractivity contribution is 6.03. The molecule has 0 aliphatic heterocycles. The van der Waals surface area contributed by atoms with E-state index in [0.29, 0.717) is 30.7 Å². The van der Waals surface area contributed by atoms with Gasteiger partial charge in [0, 0.05) is 12.0 Å². The lowest BCUT2D eigenvalue weighted by molar-refractivity contribution is -0.116. The number of carbonyl (C=O) groups is 2. The van der Waals surface area contributed by atoms with Crippen molar-refractivity contribution < 1.29 is 14.3 Å². The summed E-state index contributed by atoms with van der Waals surface area (Å²) in [6.07, 6.45) is 0.916. The normalized spacial score (nSPS) is 10.9. The van der Waals surface area contributed by atoms with Crippen LogP contribution in [-0.4, -0.2) is 24.0 Å². The van der Waals surface area contributed by atoms with Crippen LogP contribution in [0.4, 0.5) is 5.69 Å². The van der Waals surface area contributed by atoms with E-state index in [4.69, 9.17) is 4.74 Å². The highest BCUT2D eigenvalue weighted by Crippen LogP contribution is 2.17. The average Bonchev–Trinajstić information content (AvgIpc) is 2.58. The van der Waals surface area contributed by atoms with Gasteiger partial charge in [0.05, 0.1) is 17.9 Å². The third kappa shape index (κ3) is 6.59. The third-order valence-corrected chi connectivity index (χ3v) is 3.49. The quantitative estimate of drug-likeness (QED) is 0.738. The second-order valence-corrected chi connectivity index (χ2v) is 7.06. The van der Waals surface area contributed by atoms with Crippen LogP contribution in [0.1, 0.15) is 44.0 Å². The molecule has 2 aromatic carbocycles. The van der Waals surface area contributed by atoms with E-state index in [2.05, 4.69) is 10.6 Å². The Labute approximate surface area is 154 Å². The van der Waals surface area contributed by atoms with Crippen LogP contribution in [0.15, 0.2) is 54.6 Å². The standard InChI is InChI=1S/C21H26N2O3/c1-21(2,3)23-20(25)17-12-7-8-13-18(17)22-19(24)14-9-15-26-16-10-5-4-6-11-16/h4-8,10-13H,9,14-15H2,1-3H3,(H,22,24)(H,23,25). The molecule has 0 saturated heterocycles. The fourth-order valence-electron chi connectivity index (χ4n) is 2.35. The molecular formula is C21H26N2O3. The average molecular weight is 354 g/mol. The van der Waals surface area contributed by atoms with E-state index in [1.54, 1.807) is 24.3 Å². The van der Waals surface area contributed by atoms with Crippen LogP contribution < -0.4 is 15.4 Å². The first-order chi connectivity index (χ1) is 12.3. The van der Waals surface area contributed by atoms with Gasteiger partial charge >= 0.3 is 0 Å². The first kappa shape index (κ1) is 19.5. The molecule has 2 rings (SSSR count). The van der Waals surface area contributed by atoms with Gasteiger partial charge in [-0.15, -0.1) is 0 Å². The largest absolute Gasteiger partial charge is 0.494 e. The molecular weight excluding hydrogens is 328 g/mol. The fourth-order valence-corrected chi connectivity index (χ4v) is 2.35. The summed E-state index contributed by atoms with van der Waals surface area (Å²) in [5, 5.41) is 5.73. The van der Waals surface area contributed by atoms with E-state index in [9.17, 15) is 9.59 Å². The Bertz CT molecular complexity index is 736. The van der Waals surface area contributed by atoms with Crippen molar-refractivity contribution in [1.82, 2.24) is 5.32 Å². The number of carbonyl (C=O) groups excluding carboxylic acids is 2. The first-order valence-electron chi connectivity index (χ1n) is 8.74. The number of amides is 2. The minimum absolute atomic E-state index is 0.141. The zero-order valence-corrected chi connectivity index (χ0v) is 15.5. The molecule has 0 spiro atoms. The van der Waals surface area contributed by atoms with Crippen molar-refractivity contribution in [3.8, 4) is 5.75 Å². The van der Waals surface area contributed by atoms with Gasteiger partial charge in [0.25, 0.3) is 5.91 Å². The molecule has 0 bridgehead atoms. The maximum absolute atomic E-state index is 12.4. The van der Waals surface area contributed by atoms with Crippen LogP contribution in [0.2, 0.25) is 0 Å². The van der Waals surface area contributed by atoms with Gasteiger partial charge in [-0.3, -0.25) is 9.59 Å². The number of hydrogen-bond acceptors (Lipinski definition) is 3. The predicted molar refractivity (Wildman–Crippen MR) is 103 cm³/mol. The SMILES string of the molecule is CC(C)(C)NC(=O)c1ccccc1NC(=O)CCCOc1ccccc1. The summed E-state index contributed by atoms with van der Waals surface area (Å²) in [5.41, 5.74) is 0.628. The van der Waals surface area contributed by atoms with Gasteiger partial charge < -0.3 is 15.4 Å². The molecule has 5 heteroatoms. The predicted octanol–water partition coefficient (Wildman–Crippen LogP) is 4.01. The van der Waals surface area contributed by atoms with Gasteiger partial charge in [0.2, 0.25) is 5.91 Å². The summed E-state index contributed by atoms with van der Waals surface area (Å²) < 4.78 is 5.58. The van der Waals surface area contributed by atoms with Gasteiger partial charge in [-0.25, -0.2) is 0 Å². The second-order valence-electron chi connectivity index (χ2n) is 7.06. The maximum Gasteiger partial charge on any atom is 0.253 e. The minimum atomic E-state index is -0.344. The van der Waals surface area contributed by atoms with E-state index in [-0.39, 0.29) is 17.4 Å². The molecule has 2 amide bonds. The van der Waals surface area contributed by atoms with E-state index >= 15 is 0 Å². The van der Waals surface area contributed by atoms with E-state index in [1.165, 1.54) is 0 Å². The Kier molecular flexibility index (Phi) is 6.78. The molecule has 0 aromatic heterocycles. The number of rotatable bonds is 7. The molecule has 0 aliphatic rings. The van der Waals surface area contributed by atoms with E-state index in [0.717, 1.165) is 5.75 Å². The van der Waals surface area contributed by atoms with Crippen LogP contribution in [0, 0.1) is 0 Å². The van der Waals surface area contributed by atoms with Crippen molar-refractivity contribution in [3.63, 3.8) is 0 Å². The van der Waals surface area contributed by atoms with Crippen molar-refractivity contribution in [3.05, 3.63) is 60.2 Å². The van der Waals surface area contributed by atoms with E-state index in [1.807, 2.05) is 51.1 Å². The van der Waals surface area contributed by atoms with Gasteiger partial charge in [0.1, 0.15) is 5.75 Å². The molecule has 0 unspecified atom stereocenters. The molecule has 26 heavy (non-hydrogen) atoms. The molecule has 0 heterocycles. The zero-order chi connectivity index (χ0) is 19.0. The topological polar surface area (TPSA) is 67.4 Å².